The van der Waals surface area contributed by atoms with Crippen molar-refractivity contribution in [2.45, 2.75) is 32.4 Å². The van der Waals surface area contributed by atoms with Crippen LogP contribution in [-0.4, -0.2) is 47.4 Å². The number of carbonyl (C=O) groups excluding carboxylic acids is 1. The molecule has 21 heavy (non-hydrogen) atoms. The highest BCUT2D eigenvalue weighted by Crippen LogP contribution is 2.12. The van der Waals surface area contributed by atoms with Gasteiger partial charge in [-0.05, 0) is 38.0 Å². The van der Waals surface area contributed by atoms with Crippen LogP contribution >= 0.6 is 0 Å². The summed E-state index contributed by atoms with van der Waals surface area (Å²) in [4.78, 5) is 16.4. The number of hydrogen-bond donors (Lipinski definition) is 1. The first-order chi connectivity index (χ1) is 9.86. The molecule has 0 unspecified atom stereocenters. The third kappa shape index (κ3) is 4.51. The Balaban J connectivity index is 1.92. The summed E-state index contributed by atoms with van der Waals surface area (Å²) >= 11 is 0. The zero-order valence-electron chi connectivity index (χ0n) is 12.8. The normalized spacial score (nSPS) is 17.6. The minimum atomic E-state index is -0.813. The molecule has 1 aliphatic heterocycles. The lowest BCUT2D eigenvalue weighted by molar-refractivity contribution is -0.135. The number of nitrogens with zero attached hydrogens (tertiary/aromatic N) is 2. The van der Waals surface area contributed by atoms with Crippen LogP contribution in [0.2, 0.25) is 0 Å². The van der Waals surface area contributed by atoms with E-state index in [1.54, 1.807) is 13.8 Å². The minimum absolute atomic E-state index is 0.00568. The van der Waals surface area contributed by atoms with Crippen molar-refractivity contribution in [3.05, 3.63) is 35.6 Å². The van der Waals surface area contributed by atoms with E-state index >= 15 is 0 Å². The maximum atomic E-state index is 12.9. The zero-order chi connectivity index (χ0) is 15.5. The van der Waals surface area contributed by atoms with Crippen LogP contribution in [0.3, 0.4) is 0 Å². The molecule has 1 saturated heterocycles. The third-order valence-corrected chi connectivity index (χ3v) is 3.75. The van der Waals surface area contributed by atoms with Gasteiger partial charge in [0.2, 0.25) is 5.91 Å². The fraction of sp³-hybridized carbons (Fsp3) is 0.562. The van der Waals surface area contributed by atoms with Crippen molar-refractivity contribution in [1.82, 2.24) is 9.80 Å². The predicted molar refractivity (Wildman–Crippen MR) is 81.1 cm³/mol. The maximum Gasteiger partial charge on any atom is 0.242 e. The van der Waals surface area contributed by atoms with Gasteiger partial charge in [-0.25, -0.2) is 4.39 Å². The van der Waals surface area contributed by atoms with Gasteiger partial charge < -0.3 is 10.6 Å². The molecule has 4 nitrogen and oxygen atoms in total. The van der Waals surface area contributed by atoms with Crippen LogP contribution in [0.25, 0.3) is 0 Å². The molecule has 1 aliphatic rings. The largest absolute Gasteiger partial charge is 0.340 e. The van der Waals surface area contributed by atoms with Gasteiger partial charge in [0.25, 0.3) is 0 Å². The predicted octanol–water partition coefficient (Wildman–Crippen LogP) is 1.60. The topological polar surface area (TPSA) is 49.6 Å². The lowest BCUT2D eigenvalue weighted by Gasteiger charge is -2.28. The number of halogens is 1. The van der Waals surface area contributed by atoms with Crippen LogP contribution in [0.1, 0.15) is 25.8 Å². The van der Waals surface area contributed by atoms with E-state index in [2.05, 4.69) is 4.90 Å². The Morgan fingerprint density at radius 2 is 1.86 bits per heavy atom. The Kier molecular flexibility index (Phi) is 4.96. The average molecular weight is 293 g/mol. The van der Waals surface area contributed by atoms with Gasteiger partial charge in [-0.2, -0.15) is 0 Å². The number of benzene rings is 1. The van der Waals surface area contributed by atoms with E-state index in [0.29, 0.717) is 6.54 Å². The molecule has 0 spiro atoms. The van der Waals surface area contributed by atoms with Gasteiger partial charge in [-0.3, -0.25) is 9.69 Å². The fourth-order valence-corrected chi connectivity index (χ4v) is 2.59. The summed E-state index contributed by atoms with van der Waals surface area (Å²) in [5.41, 5.74) is 6.17. The molecule has 5 heteroatoms. The molecular formula is C16H24FN3O. The Bertz CT molecular complexity index is 481. The monoisotopic (exact) mass is 293 g/mol. The minimum Gasteiger partial charge on any atom is -0.340 e. The number of amides is 1. The smallest absolute Gasteiger partial charge is 0.242 e. The summed E-state index contributed by atoms with van der Waals surface area (Å²) in [7, 11) is 0. The van der Waals surface area contributed by atoms with Crippen LogP contribution in [0.15, 0.2) is 24.3 Å². The fourth-order valence-electron chi connectivity index (χ4n) is 2.59. The quantitative estimate of drug-likeness (QED) is 0.921. The molecule has 2 rings (SSSR count). The number of carbonyl (C=O) groups is 1. The summed E-state index contributed by atoms with van der Waals surface area (Å²) in [6, 6.07) is 6.60. The highest BCUT2D eigenvalue weighted by Gasteiger charge is 2.28. The number of hydrogen-bond acceptors (Lipinski definition) is 3. The summed E-state index contributed by atoms with van der Waals surface area (Å²) in [5.74, 6) is -0.206. The number of nitrogens with two attached hydrogens (primary N) is 1. The van der Waals surface area contributed by atoms with Crippen LogP contribution in [0.4, 0.5) is 4.39 Å². The van der Waals surface area contributed by atoms with Crippen molar-refractivity contribution < 1.29 is 9.18 Å². The first-order valence-electron chi connectivity index (χ1n) is 7.41. The third-order valence-electron chi connectivity index (χ3n) is 3.75. The molecule has 0 radical (unpaired) electrons. The van der Waals surface area contributed by atoms with Gasteiger partial charge in [0, 0.05) is 32.7 Å². The first kappa shape index (κ1) is 15.9. The summed E-state index contributed by atoms with van der Waals surface area (Å²) in [6.07, 6.45) is 0.934. The van der Waals surface area contributed by atoms with Crippen molar-refractivity contribution in [3.8, 4) is 0 Å². The van der Waals surface area contributed by atoms with E-state index in [1.807, 2.05) is 17.0 Å². The van der Waals surface area contributed by atoms with Gasteiger partial charge in [0.15, 0.2) is 0 Å². The van der Waals surface area contributed by atoms with E-state index < -0.39 is 5.54 Å². The van der Waals surface area contributed by atoms with Gasteiger partial charge in [-0.1, -0.05) is 12.1 Å². The van der Waals surface area contributed by atoms with Crippen LogP contribution < -0.4 is 5.73 Å². The van der Waals surface area contributed by atoms with E-state index in [1.165, 1.54) is 12.1 Å². The SMILES string of the molecule is CC(C)(N)C(=O)N1CCCN(Cc2ccc(F)cc2)CC1. The second-order valence-electron chi connectivity index (χ2n) is 6.27. The van der Waals surface area contributed by atoms with Crippen LogP contribution in [-0.2, 0) is 11.3 Å². The molecule has 1 aromatic rings. The first-order valence-corrected chi connectivity index (χ1v) is 7.41. The average Bonchev–Trinajstić information content (AvgIpc) is 2.65. The van der Waals surface area contributed by atoms with Gasteiger partial charge in [0.05, 0.1) is 5.54 Å². The molecule has 0 aliphatic carbocycles. The van der Waals surface area contributed by atoms with Crippen molar-refractivity contribution in [2.24, 2.45) is 5.73 Å². The van der Waals surface area contributed by atoms with E-state index in [-0.39, 0.29) is 11.7 Å². The highest BCUT2D eigenvalue weighted by atomic mass is 19.1. The molecule has 0 aromatic heterocycles. The van der Waals surface area contributed by atoms with Crippen molar-refractivity contribution in [2.75, 3.05) is 26.2 Å². The standard InChI is InChI=1S/C16H24FN3O/c1-16(2,18)15(21)20-9-3-8-19(10-11-20)12-13-4-6-14(17)7-5-13/h4-7H,3,8-12,18H2,1-2H3. The highest BCUT2D eigenvalue weighted by molar-refractivity contribution is 5.85. The zero-order valence-corrected chi connectivity index (χ0v) is 12.8. The van der Waals surface area contributed by atoms with Gasteiger partial charge >= 0.3 is 0 Å². The molecule has 1 aromatic carbocycles. The van der Waals surface area contributed by atoms with Crippen molar-refractivity contribution in [3.63, 3.8) is 0 Å². The van der Waals surface area contributed by atoms with E-state index in [9.17, 15) is 9.18 Å². The molecule has 0 bridgehead atoms. The van der Waals surface area contributed by atoms with Gasteiger partial charge in [0.1, 0.15) is 5.82 Å². The molecule has 116 valence electrons. The number of rotatable bonds is 3. The van der Waals surface area contributed by atoms with E-state index in [0.717, 1.165) is 38.2 Å². The summed E-state index contributed by atoms with van der Waals surface area (Å²) in [6.45, 7) is 7.48. The molecule has 1 amide bonds. The second kappa shape index (κ2) is 6.54. The Morgan fingerprint density at radius 3 is 2.48 bits per heavy atom. The molecule has 1 fully saturated rings. The molecule has 1 heterocycles. The summed E-state index contributed by atoms with van der Waals surface area (Å²) < 4.78 is 12.9. The Labute approximate surface area is 125 Å². The van der Waals surface area contributed by atoms with Crippen molar-refractivity contribution in [1.29, 1.82) is 0 Å². The second-order valence-corrected chi connectivity index (χ2v) is 6.27. The maximum absolute atomic E-state index is 12.9. The van der Waals surface area contributed by atoms with Crippen LogP contribution in [0, 0.1) is 5.82 Å². The lowest BCUT2D eigenvalue weighted by Crippen LogP contribution is -2.52. The summed E-state index contributed by atoms with van der Waals surface area (Å²) in [5, 5.41) is 0. The van der Waals surface area contributed by atoms with Gasteiger partial charge in [-0.15, -0.1) is 0 Å². The van der Waals surface area contributed by atoms with Crippen molar-refractivity contribution >= 4 is 5.91 Å². The lowest BCUT2D eigenvalue weighted by atomic mass is 10.1. The Morgan fingerprint density at radius 1 is 1.19 bits per heavy atom. The Hall–Kier alpha value is -1.46. The molecular weight excluding hydrogens is 269 g/mol. The molecule has 0 saturated carbocycles. The van der Waals surface area contributed by atoms with Crippen LogP contribution in [0.5, 0.6) is 0 Å². The molecule has 0 atom stereocenters. The molecule has 2 N–H and O–H groups in total. The van der Waals surface area contributed by atoms with E-state index in [4.69, 9.17) is 5.73 Å².